The highest BCUT2D eigenvalue weighted by Gasteiger charge is 2.24. The lowest BCUT2D eigenvalue weighted by Gasteiger charge is -2.33. The van der Waals surface area contributed by atoms with E-state index in [-0.39, 0.29) is 0 Å². The van der Waals surface area contributed by atoms with Gasteiger partial charge >= 0.3 is 0 Å². The van der Waals surface area contributed by atoms with Gasteiger partial charge in [0, 0.05) is 34.4 Å². The predicted molar refractivity (Wildman–Crippen MR) is 70.1 cm³/mol. The van der Waals surface area contributed by atoms with Crippen LogP contribution >= 0.6 is 0 Å². The van der Waals surface area contributed by atoms with Gasteiger partial charge in [0.25, 0.3) is 0 Å². The van der Waals surface area contributed by atoms with Crippen LogP contribution in [0.2, 0.25) is 0 Å². The Morgan fingerprint density at radius 1 is 1.06 bits per heavy atom. The molecule has 2 rings (SSSR count). The SMILES string of the molecule is C[C@H](NC1CCS(=O)CC1)C1CCCCC1. The van der Waals surface area contributed by atoms with Gasteiger partial charge in [0.05, 0.1) is 0 Å². The van der Waals surface area contributed by atoms with E-state index in [0.29, 0.717) is 12.1 Å². The van der Waals surface area contributed by atoms with Crippen molar-refractivity contribution in [1.29, 1.82) is 0 Å². The van der Waals surface area contributed by atoms with Crippen LogP contribution in [0.25, 0.3) is 0 Å². The third-order valence-corrected chi connectivity index (χ3v) is 5.63. The highest BCUT2D eigenvalue weighted by atomic mass is 32.2. The maximum atomic E-state index is 11.3. The first-order valence-corrected chi connectivity index (χ1v) is 8.35. The molecule has 2 aliphatic rings. The first-order valence-electron chi connectivity index (χ1n) is 6.87. The van der Waals surface area contributed by atoms with Crippen LogP contribution in [0.3, 0.4) is 0 Å². The monoisotopic (exact) mass is 243 g/mol. The Hall–Kier alpha value is 0.110. The van der Waals surface area contributed by atoms with Crippen LogP contribution in [0.4, 0.5) is 0 Å². The minimum absolute atomic E-state index is 0.520. The molecule has 1 atom stereocenters. The molecular weight excluding hydrogens is 218 g/mol. The summed E-state index contributed by atoms with van der Waals surface area (Å²) < 4.78 is 11.3. The smallest absolute Gasteiger partial charge is 0.0249 e. The van der Waals surface area contributed by atoms with Gasteiger partial charge in [0.2, 0.25) is 0 Å². The standard InChI is InChI=1S/C13H25NOS/c1-11(12-5-3-2-4-6-12)14-13-7-9-16(15)10-8-13/h11-14H,2-10H2,1H3/t11-,13?,16?/m0/s1. The molecule has 0 bridgehead atoms. The van der Waals surface area contributed by atoms with Gasteiger partial charge in [-0.3, -0.25) is 4.21 Å². The van der Waals surface area contributed by atoms with Gasteiger partial charge in [-0.2, -0.15) is 0 Å². The van der Waals surface area contributed by atoms with Gasteiger partial charge < -0.3 is 5.32 Å². The minimum Gasteiger partial charge on any atom is -0.311 e. The van der Waals surface area contributed by atoms with Crippen LogP contribution in [-0.4, -0.2) is 27.8 Å². The number of nitrogens with one attached hydrogen (secondary N) is 1. The molecule has 3 heteroatoms. The summed E-state index contributed by atoms with van der Waals surface area (Å²) in [5.41, 5.74) is 0. The lowest BCUT2D eigenvalue weighted by Crippen LogP contribution is -2.44. The van der Waals surface area contributed by atoms with Crippen molar-refractivity contribution >= 4 is 10.8 Å². The first-order chi connectivity index (χ1) is 7.75. The topological polar surface area (TPSA) is 29.1 Å². The van der Waals surface area contributed by atoms with E-state index in [2.05, 4.69) is 12.2 Å². The normalized spacial score (nSPS) is 34.8. The molecule has 0 aromatic carbocycles. The molecular formula is C13H25NOS. The van der Waals surface area contributed by atoms with E-state index < -0.39 is 10.8 Å². The van der Waals surface area contributed by atoms with Crippen molar-refractivity contribution in [2.24, 2.45) is 5.92 Å². The van der Waals surface area contributed by atoms with Crippen molar-refractivity contribution < 1.29 is 4.21 Å². The Labute approximate surface area is 102 Å². The molecule has 1 aliphatic carbocycles. The van der Waals surface area contributed by atoms with Crippen LogP contribution in [0.15, 0.2) is 0 Å². The second kappa shape index (κ2) is 6.15. The van der Waals surface area contributed by atoms with Gasteiger partial charge in [0.15, 0.2) is 0 Å². The third-order valence-electron chi connectivity index (χ3n) is 4.24. The van der Waals surface area contributed by atoms with E-state index in [1.54, 1.807) is 0 Å². The second-order valence-electron chi connectivity index (χ2n) is 5.48. The molecule has 2 fully saturated rings. The fourth-order valence-electron chi connectivity index (χ4n) is 3.10. The van der Waals surface area contributed by atoms with Gasteiger partial charge in [-0.1, -0.05) is 19.3 Å². The van der Waals surface area contributed by atoms with Crippen molar-refractivity contribution in [2.75, 3.05) is 11.5 Å². The lowest BCUT2D eigenvalue weighted by molar-refractivity contribution is 0.259. The van der Waals surface area contributed by atoms with E-state index in [4.69, 9.17) is 0 Å². The quantitative estimate of drug-likeness (QED) is 0.825. The number of hydrogen-bond acceptors (Lipinski definition) is 2. The zero-order chi connectivity index (χ0) is 11.4. The molecule has 1 saturated carbocycles. The molecule has 1 N–H and O–H groups in total. The molecule has 0 spiro atoms. The first kappa shape index (κ1) is 12.6. The van der Waals surface area contributed by atoms with E-state index in [9.17, 15) is 4.21 Å². The van der Waals surface area contributed by atoms with Gasteiger partial charge in [0.1, 0.15) is 0 Å². The summed E-state index contributed by atoms with van der Waals surface area (Å²) in [5.74, 6) is 2.71. The Kier molecular flexibility index (Phi) is 4.83. The summed E-state index contributed by atoms with van der Waals surface area (Å²) in [6, 6.07) is 1.30. The van der Waals surface area contributed by atoms with Gasteiger partial charge in [-0.05, 0) is 38.5 Å². The molecule has 2 nitrogen and oxygen atoms in total. The zero-order valence-electron chi connectivity index (χ0n) is 10.4. The maximum Gasteiger partial charge on any atom is 0.0249 e. The number of rotatable bonds is 3. The van der Waals surface area contributed by atoms with Crippen LogP contribution in [-0.2, 0) is 10.8 Å². The Bertz CT molecular complexity index is 228. The van der Waals surface area contributed by atoms with Crippen molar-refractivity contribution in [3.8, 4) is 0 Å². The minimum atomic E-state index is -0.520. The molecule has 94 valence electrons. The summed E-state index contributed by atoms with van der Waals surface area (Å²) in [6.07, 6.45) is 9.33. The van der Waals surface area contributed by atoms with Gasteiger partial charge in [-0.25, -0.2) is 0 Å². The van der Waals surface area contributed by atoms with E-state index in [1.165, 1.54) is 32.1 Å². The molecule has 0 unspecified atom stereocenters. The summed E-state index contributed by atoms with van der Waals surface area (Å²) in [7, 11) is -0.520. The van der Waals surface area contributed by atoms with Crippen LogP contribution < -0.4 is 5.32 Å². The molecule has 0 radical (unpaired) electrons. The molecule has 1 saturated heterocycles. The molecule has 16 heavy (non-hydrogen) atoms. The summed E-state index contributed by atoms with van der Waals surface area (Å²) >= 11 is 0. The molecule has 1 aliphatic heterocycles. The highest BCUT2D eigenvalue weighted by Crippen LogP contribution is 2.27. The maximum absolute atomic E-state index is 11.3. The predicted octanol–water partition coefficient (Wildman–Crippen LogP) is 2.46. The number of hydrogen-bond donors (Lipinski definition) is 1. The van der Waals surface area contributed by atoms with Crippen molar-refractivity contribution in [1.82, 2.24) is 5.32 Å². The third kappa shape index (κ3) is 3.56. The molecule has 0 aromatic heterocycles. The second-order valence-corrected chi connectivity index (χ2v) is 7.17. The fourth-order valence-corrected chi connectivity index (χ4v) is 4.40. The molecule has 0 aromatic rings. The Morgan fingerprint density at radius 3 is 2.31 bits per heavy atom. The molecule has 1 heterocycles. The van der Waals surface area contributed by atoms with Crippen LogP contribution in [0.1, 0.15) is 51.9 Å². The Morgan fingerprint density at radius 2 is 1.69 bits per heavy atom. The van der Waals surface area contributed by atoms with Crippen molar-refractivity contribution in [3.05, 3.63) is 0 Å². The van der Waals surface area contributed by atoms with Crippen LogP contribution in [0.5, 0.6) is 0 Å². The lowest BCUT2D eigenvalue weighted by atomic mass is 9.84. The Balaban J connectivity index is 1.73. The zero-order valence-corrected chi connectivity index (χ0v) is 11.2. The summed E-state index contributed by atoms with van der Waals surface area (Å²) in [5, 5.41) is 3.77. The van der Waals surface area contributed by atoms with Crippen LogP contribution in [0, 0.1) is 5.92 Å². The average Bonchev–Trinajstić information content (AvgIpc) is 2.33. The summed E-state index contributed by atoms with van der Waals surface area (Å²) in [6.45, 7) is 2.35. The molecule has 0 amide bonds. The fraction of sp³-hybridized carbons (Fsp3) is 1.00. The van der Waals surface area contributed by atoms with Crippen molar-refractivity contribution in [2.45, 2.75) is 64.0 Å². The van der Waals surface area contributed by atoms with Crippen molar-refractivity contribution in [3.63, 3.8) is 0 Å². The largest absolute Gasteiger partial charge is 0.311 e. The van der Waals surface area contributed by atoms with E-state index in [1.807, 2.05) is 0 Å². The van der Waals surface area contributed by atoms with E-state index >= 15 is 0 Å². The highest BCUT2D eigenvalue weighted by molar-refractivity contribution is 7.85. The summed E-state index contributed by atoms with van der Waals surface area (Å²) in [4.78, 5) is 0. The average molecular weight is 243 g/mol. The van der Waals surface area contributed by atoms with Gasteiger partial charge in [-0.15, -0.1) is 0 Å². The van der Waals surface area contributed by atoms with E-state index in [0.717, 1.165) is 30.3 Å².